The Morgan fingerprint density at radius 1 is 1.25 bits per heavy atom. The summed E-state index contributed by atoms with van der Waals surface area (Å²) in [6.07, 6.45) is -2.60. The van der Waals surface area contributed by atoms with E-state index in [0.717, 1.165) is 9.04 Å². The number of pyridine rings is 1. The molecule has 1 aromatic heterocycles. The summed E-state index contributed by atoms with van der Waals surface area (Å²) in [5.41, 5.74) is 0.512. The zero-order valence-corrected chi connectivity index (χ0v) is 16.1. The first-order chi connectivity index (χ1) is 8.99. The Kier molecular flexibility index (Phi) is 7.19. The molecule has 20 heavy (non-hydrogen) atoms. The van der Waals surface area contributed by atoms with E-state index in [1.165, 1.54) is 12.1 Å². The Morgan fingerprint density at radius 2 is 1.95 bits per heavy atom. The van der Waals surface area contributed by atoms with Crippen molar-refractivity contribution in [2.24, 2.45) is 0 Å². The third kappa shape index (κ3) is 4.29. The molecule has 103 valence electrons. The summed E-state index contributed by atoms with van der Waals surface area (Å²) >= 11 is 6.67. The molecule has 2 aromatic rings. The molecule has 0 atom stereocenters. The average Bonchev–Trinajstić information content (AvgIpc) is 2.32. The van der Waals surface area contributed by atoms with E-state index in [4.69, 9.17) is 0 Å². The van der Waals surface area contributed by atoms with Gasteiger partial charge in [0.25, 0.3) is 6.43 Å². The van der Waals surface area contributed by atoms with Crippen LogP contribution in [0.1, 0.15) is 0 Å². The Hall–Kier alpha value is 0.0939. The topological polar surface area (TPSA) is 22.0 Å². The van der Waals surface area contributed by atoms with E-state index in [-0.39, 0.29) is 32.7 Å². The van der Waals surface area contributed by atoms with Crippen LogP contribution < -0.4 is 5.56 Å². The molecule has 2 nitrogen and oxygen atoms in total. The summed E-state index contributed by atoms with van der Waals surface area (Å²) < 4.78 is 27.7. The van der Waals surface area contributed by atoms with Gasteiger partial charge in [-0.3, -0.25) is 4.79 Å². The molecular weight excluding hydrogens is 473 g/mol. The maximum atomic E-state index is 12.6. The minimum absolute atomic E-state index is 0. The molecule has 2 rings (SSSR count). The van der Waals surface area contributed by atoms with Crippen LogP contribution in [0, 0.1) is 6.07 Å². The Labute approximate surface area is 156 Å². The first-order valence-electron chi connectivity index (χ1n) is 5.34. The van der Waals surface area contributed by atoms with Gasteiger partial charge in [-0.2, -0.15) is 12.1 Å². The molecule has 0 aliphatic rings. The molecule has 0 unspecified atom stereocenters. The molecule has 0 bridgehead atoms. The Bertz CT molecular complexity index is 661. The third-order valence-electron chi connectivity index (χ3n) is 2.49. The number of halogens is 4. The van der Waals surface area contributed by atoms with Crippen LogP contribution in [0.25, 0.3) is 11.3 Å². The fraction of sp³-hybridized carbons (Fsp3) is 0.154. The molecule has 0 saturated carbocycles. The van der Waals surface area contributed by atoms with Crippen LogP contribution in [0.5, 0.6) is 0 Å². The normalized spacial score (nSPS) is 10.4. The van der Waals surface area contributed by atoms with Crippen molar-refractivity contribution >= 4 is 31.9 Å². The first-order valence-corrected chi connectivity index (χ1v) is 6.92. The van der Waals surface area contributed by atoms with Gasteiger partial charge in [0.15, 0.2) is 5.56 Å². The van der Waals surface area contributed by atoms with Crippen LogP contribution >= 0.6 is 31.9 Å². The largest absolute Gasteiger partial charge is 0.337 e. The standard InChI is InChI=1S/C13H8Br2F2NO.Y/c14-8-4-5-9(10(15)6-8)11-2-1-3-13(19)18(11)7-12(16)17;/h1,3-6,12H,7H2;/q-1;. The minimum atomic E-state index is -2.60. The summed E-state index contributed by atoms with van der Waals surface area (Å²) in [5.74, 6) is 0. The molecular formula is C13H8Br2F2NOY-. The van der Waals surface area contributed by atoms with Gasteiger partial charge in [0.1, 0.15) is 0 Å². The zero-order chi connectivity index (χ0) is 14.0. The molecule has 1 heterocycles. The SMILES string of the molecule is O=c1cc[c-]c(-c2ccc(Br)cc2Br)n1CC(F)F.[Y]. The number of rotatable bonds is 3. The minimum Gasteiger partial charge on any atom is -0.337 e. The molecule has 0 saturated heterocycles. The van der Waals surface area contributed by atoms with E-state index in [1.807, 2.05) is 0 Å². The van der Waals surface area contributed by atoms with Gasteiger partial charge in [0.05, 0.1) is 6.54 Å². The van der Waals surface area contributed by atoms with E-state index >= 15 is 0 Å². The van der Waals surface area contributed by atoms with Crippen molar-refractivity contribution in [2.45, 2.75) is 13.0 Å². The van der Waals surface area contributed by atoms with Crippen LogP contribution in [0.15, 0.2) is 44.1 Å². The van der Waals surface area contributed by atoms with Crippen LogP contribution in [-0.4, -0.2) is 11.0 Å². The quantitative estimate of drug-likeness (QED) is 0.606. The summed E-state index contributed by atoms with van der Waals surface area (Å²) in [5, 5.41) is 0. The second-order valence-corrected chi connectivity index (χ2v) is 5.56. The Balaban J connectivity index is 0.00000200. The molecule has 1 radical (unpaired) electrons. The van der Waals surface area contributed by atoms with Gasteiger partial charge in [-0.05, 0) is 10.5 Å². The number of aromatic nitrogens is 1. The van der Waals surface area contributed by atoms with Crippen LogP contribution in [0.2, 0.25) is 0 Å². The van der Waals surface area contributed by atoms with E-state index in [0.29, 0.717) is 15.7 Å². The van der Waals surface area contributed by atoms with Crippen molar-refractivity contribution in [1.29, 1.82) is 0 Å². The average molecular weight is 481 g/mol. The number of benzene rings is 1. The molecule has 7 heteroatoms. The van der Waals surface area contributed by atoms with Gasteiger partial charge in [-0.15, -0.1) is 6.07 Å². The molecule has 0 aliphatic carbocycles. The maximum absolute atomic E-state index is 12.6. The number of alkyl halides is 2. The van der Waals surface area contributed by atoms with Gasteiger partial charge in [-0.1, -0.05) is 55.3 Å². The second kappa shape index (κ2) is 7.92. The van der Waals surface area contributed by atoms with Crippen LogP contribution in [-0.2, 0) is 39.3 Å². The monoisotopic (exact) mass is 479 g/mol. The van der Waals surface area contributed by atoms with Gasteiger partial charge >= 0.3 is 0 Å². The van der Waals surface area contributed by atoms with Crippen molar-refractivity contribution in [2.75, 3.05) is 0 Å². The fourth-order valence-electron chi connectivity index (χ4n) is 1.69. The van der Waals surface area contributed by atoms with Crippen LogP contribution in [0.4, 0.5) is 8.78 Å². The van der Waals surface area contributed by atoms with E-state index in [1.54, 1.807) is 18.2 Å². The fourth-order valence-corrected chi connectivity index (χ4v) is 2.93. The predicted octanol–water partition coefficient (Wildman–Crippen LogP) is 4.10. The molecule has 1 aromatic carbocycles. The summed E-state index contributed by atoms with van der Waals surface area (Å²) in [6, 6.07) is 10.8. The van der Waals surface area contributed by atoms with Gasteiger partial charge in [0.2, 0.25) is 0 Å². The predicted molar refractivity (Wildman–Crippen MR) is 76.4 cm³/mol. The van der Waals surface area contributed by atoms with Gasteiger partial charge < -0.3 is 4.57 Å². The van der Waals surface area contributed by atoms with Crippen LogP contribution in [0.3, 0.4) is 0 Å². The van der Waals surface area contributed by atoms with Crippen molar-refractivity contribution in [3.63, 3.8) is 0 Å². The third-order valence-corrected chi connectivity index (χ3v) is 3.64. The van der Waals surface area contributed by atoms with E-state index in [2.05, 4.69) is 37.9 Å². The number of hydrogen-bond donors (Lipinski definition) is 0. The smallest absolute Gasteiger partial charge is 0.256 e. The molecule has 0 spiro atoms. The second-order valence-electron chi connectivity index (χ2n) is 3.79. The molecule has 0 N–H and O–H groups in total. The van der Waals surface area contributed by atoms with Gasteiger partial charge in [-0.25, -0.2) is 8.78 Å². The van der Waals surface area contributed by atoms with E-state index < -0.39 is 18.5 Å². The molecule has 0 amide bonds. The first kappa shape index (κ1) is 18.1. The maximum Gasteiger partial charge on any atom is 0.256 e. The summed E-state index contributed by atoms with van der Waals surface area (Å²) in [7, 11) is 0. The molecule has 0 aliphatic heterocycles. The number of nitrogens with zero attached hydrogens (tertiary/aromatic N) is 1. The summed E-state index contributed by atoms with van der Waals surface area (Å²) in [4.78, 5) is 11.7. The zero-order valence-electron chi connectivity index (χ0n) is 10.1. The van der Waals surface area contributed by atoms with E-state index in [9.17, 15) is 13.6 Å². The van der Waals surface area contributed by atoms with Crippen molar-refractivity contribution < 1.29 is 41.5 Å². The summed E-state index contributed by atoms with van der Waals surface area (Å²) in [6.45, 7) is -0.645. The Morgan fingerprint density at radius 3 is 2.55 bits per heavy atom. The van der Waals surface area contributed by atoms with Crippen molar-refractivity contribution in [1.82, 2.24) is 4.57 Å². The molecule has 0 fully saturated rings. The van der Waals surface area contributed by atoms with Crippen molar-refractivity contribution in [3.8, 4) is 11.3 Å². The van der Waals surface area contributed by atoms with Crippen molar-refractivity contribution in [3.05, 3.63) is 55.7 Å². The van der Waals surface area contributed by atoms with Gasteiger partial charge in [0, 0.05) is 37.2 Å². The number of hydrogen-bond acceptors (Lipinski definition) is 1.